The van der Waals surface area contributed by atoms with Crippen molar-refractivity contribution < 1.29 is 0 Å². The zero-order chi connectivity index (χ0) is 17.4. The number of rotatable bonds is 3. The third-order valence-electron chi connectivity index (χ3n) is 4.05. The van der Waals surface area contributed by atoms with Crippen LogP contribution in [0.3, 0.4) is 0 Å². The molecule has 0 bridgehead atoms. The van der Waals surface area contributed by atoms with Gasteiger partial charge in [0.15, 0.2) is 10.6 Å². The van der Waals surface area contributed by atoms with Crippen LogP contribution in [0.2, 0.25) is 0 Å². The van der Waals surface area contributed by atoms with E-state index in [0.29, 0.717) is 17.1 Å². The van der Waals surface area contributed by atoms with Gasteiger partial charge in [-0.1, -0.05) is 24.3 Å². The highest BCUT2D eigenvalue weighted by atomic mass is 32.1. The maximum Gasteiger partial charge on any atom is 0.269 e. The van der Waals surface area contributed by atoms with Crippen LogP contribution in [0.1, 0.15) is 11.4 Å². The molecule has 0 aliphatic carbocycles. The van der Waals surface area contributed by atoms with Crippen molar-refractivity contribution >= 4 is 23.3 Å². The average molecular weight is 349 g/mol. The van der Waals surface area contributed by atoms with E-state index in [4.69, 9.17) is 12.2 Å². The van der Waals surface area contributed by atoms with Gasteiger partial charge in [-0.15, -0.1) is 0 Å². The first-order valence-electron chi connectivity index (χ1n) is 7.81. The fraction of sp³-hybridized carbons (Fsp3) is 0.111. The summed E-state index contributed by atoms with van der Waals surface area (Å²) < 4.78 is 4.00. The molecule has 0 saturated carbocycles. The van der Waals surface area contributed by atoms with Gasteiger partial charge in [0, 0.05) is 5.69 Å². The molecular formula is C18H15N5OS. The zero-order valence-electron chi connectivity index (χ0n) is 13.5. The summed E-state index contributed by atoms with van der Waals surface area (Å²) in [4.78, 5) is 16.6. The van der Waals surface area contributed by atoms with Crippen LogP contribution in [0, 0.1) is 11.7 Å². The van der Waals surface area contributed by atoms with E-state index in [0.717, 1.165) is 22.3 Å². The molecule has 0 aliphatic rings. The summed E-state index contributed by atoms with van der Waals surface area (Å²) >= 11 is 5.39. The molecular weight excluding hydrogens is 334 g/mol. The van der Waals surface area contributed by atoms with Gasteiger partial charge < -0.3 is 0 Å². The van der Waals surface area contributed by atoms with Crippen LogP contribution >= 0.6 is 12.2 Å². The van der Waals surface area contributed by atoms with Crippen molar-refractivity contribution in [3.63, 3.8) is 0 Å². The Kier molecular flexibility index (Phi) is 3.77. The van der Waals surface area contributed by atoms with E-state index in [2.05, 4.69) is 15.2 Å². The Hall–Kier alpha value is -3.06. The van der Waals surface area contributed by atoms with Gasteiger partial charge in [-0.3, -0.25) is 19.0 Å². The van der Waals surface area contributed by atoms with Crippen molar-refractivity contribution in [2.24, 2.45) is 0 Å². The molecule has 0 spiro atoms. The summed E-state index contributed by atoms with van der Waals surface area (Å²) in [5, 5.41) is 7.16. The van der Waals surface area contributed by atoms with Crippen molar-refractivity contribution in [2.75, 3.05) is 0 Å². The maximum absolute atomic E-state index is 12.4. The van der Waals surface area contributed by atoms with Gasteiger partial charge in [-0.05, 0) is 49.0 Å². The molecule has 1 N–H and O–H groups in total. The molecule has 7 heteroatoms. The van der Waals surface area contributed by atoms with Crippen LogP contribution in [0.5, 0.6) is 0 Å². The standard InChI is InChI=1S/C18H15N5OS/c1-12-5-4-6-13(9-12)23-16(20-21-18(23)25)11-22-15-8-3-2-7-14(15)19-10-17(22)24/h2-10H,11H2,1H3,(H,21,25). The van der Waals surface area contributed by atoms with Gasteiger partial charge in [-0.25, -0.2) is 4.98 Å². The molecule has 6 nitrogen and oxygen atoms in total. The molecule has 124 valence electrons. The number of fused-ring (bicyclic) bond motifs is 1. The van der Waals surface area contributed by atoms with Gasteiger partial charge in [-0.2, -0.15) is 5.10 Å². The van der Waals surface area contributed by atoms with Crippen LogP contribution in [-0.4, -0.2) is 24.3 Å². The predicted molar refractivity (Wildman–Crippen MR) is 98.6 cm³/mol. The second-order valence-corrected chi connectivity index (χ2v) is 6.18. The van der Waals surface area contributed by atoms with E-state index in [1.54, 1.807) is 4.57 Å². The topological polar surface area (TPSA) is 68.5 Å². The van der Waals surface area contributed by atoms with Gasteiger partial charge in [0.1, 0.15) is 0 Å². The molecule has 0 atom stereocenters. The second kappa shape index (κ2) is 6.10. The SMILES string of the molecule is Cc1cccc(-n2c(Cn3c(=O)cnc4ccccc43)n[nH]c2=S)c1. The lowest BCUT2D eigenvalue weighted by molar-refractivity contribution is 0.717. The predicted octanol–water partition coefficient (Wildman–Crippen LogP) is 3.00. The fourth-order valence-corrected chi connectivity index (χ4v) is 3.14. The molecule has 2 aromatic carbocycles. The molecule has 25 heavy (non-hydrogen) atoms. The minimum absolute atomic E-state index is 0.177. The minimum atomic E-state index is -0.177. The number of para-hydroxylation sites is 2. The van der Waals surface area contributed by atoms with E-state index in [9.17, 15) is 4.79 Å². The Labute approximate surface area is 148 Å². The average Bonchev–Trinajstić information content (AvgIpc) is 2.98. The maximum atomic E-state index is 12.4. The molecule has 0 unspecified atom stereocenters. The fourth-order valence-electron chi connectivity index (χ4n) is 2.89. The number of H-pyrrole nitrogens is 1. The van der Waals surface area contributed by atoms with Crippen molar-refractivity contribution in [2.45, 2.75) is 13.5 Å². The van der Waals surface area contributed by atoms with E-state index in [1.165, 1.54) is 6.20 Å². The van der Waals surface area contributed by atoms with E-state index in [1.807, 2.05) is 60.0 Å². The Morgan fingerprint density at radius 3 is 2.84 bits per heavy atom. The number of hydrogen-bond acceptors (Lipinski definition) is 4. The quantitative estimate of drug-likeness (QED) is 0.577. The summed E-state index contributed by atoms with van der Waals surface area (Å²) in [5.74, 6) is 0.661. The molecule has 2 heterocycles. The Bertz CT molecular complexity index is 1190. The van der Waals surface area contributed by atoms with Crippen molar-refractivity contribution in [1.29, 1.82) is 0 Å². The number of aromatic amines is 1. The largest absolute Gasteiger partial charge is 0.298 e. The Morgan fingerprint density at radius 2 is 2.00 bits per heavy atom. The van der Waals surface area contributed by atoms with E-state index < -0.39 is 0 Å². The van der Waals surface area contributed by atoms with Gasteiger partial charge in [0.05, 0.1) is 23.8 Å². The van der Waals surface area contributed by atoms with Crippen LogP contribution in [0.25, 0.3) is 16.7 Å². The van der Waals surface area contributed by atoms with Gasteiger partial charge >= 0.3 is 0 Å². The number of hydrogen-bond donors (Lipinski definition) is 1. The number of nitrogens with one attached hydrogen (secondary N) is 1. The molecule has 0 fully saturated rings. The van der Waals surface area contributed by atoms with Crippen LogP contribution < -0.4 is 5.56 Å². The molecule has 2 aromatic heterocycles. The highest BCUT2D eigenvalue weighted by molar-refractivity contribution is 7.71. The summed E-state index contributed by atoms with van der Waals surface area (Å²) in [6.07, 6.45) is 1.33. The lowest BCUT2D eigenvalue weighted by atomic mass is 10.2. The first-order valence-corrected chi connectivity index (χ1v) is 8.22. The Morgan fingerprint density at radius 1 is 1.16 bits per heavy atom. The van der Waals surface area contributed by atoms with Crippen molar-refractivity contribution in [3.8, 4) is 5.69 Å². The number of benzene rings is 2. The highest BCUT2D eigenvalue weighted by Crippen LogP contribution is 2.15. The van der Waals surface area contributed by atoms with Gasteiger partial charge in [0.2, 0.25) is 0 Å². The number of aryl methyl sites for hydroxylation is 1. The van der Waals surface area contributed by atoms with Crippen LogP contribution in [0.4, 0.5) is 0 Å². The van der Waals surface area contributed by atoms with Gasteiger partial charge in [0.25, 0.3) is 5.56 Å². The molecule has 0 saturated heterocycles. The highest BCUT2D eigenvalue weighted by Gasteiger charge is 2.12. The second-order valence-electron chi connectivity index (χ2n) is 5.79. The number of nitrogens with zero attached hydrogens (tertiary/aromatic N) is 4. The zero-order valence-corrected chi connectivity index (χ0v) is 14.3. The van der Waals surface area contributed by atoms with E-state index >= 15 is 0 Å². The molecule has 0 amide bonds. The molecule has 0 aliphatic heterocycles. The van der Waals surface area contributed by atoms with Crippen molar-refractivity contribution in [1.82, 2.24) is 24.3 Å². The smallest absolute Gasteiger partial charge is 0.269 e. The third kappa shape index (κ3) is 2.78. The lowest BCUT2D eigenvalue weighted by Gasteiger charge is -2.11. The summed E-state index contributed by atoms with van der Waals surface area (Å²) in [6.45, 7) is 2.32. The molecule has 4 aromatic rings. The first kappa shape index (κ1) is 15.5. The van der Waals surface area contributed by atoms with E-state index in [-0.39, 0.29) is 5.56 Å². The monoisotopic (exact) mass is 349 g/mol. The molecule has 4 rings (SSSR count). The normalized spacial score (nSPS) is 11.1. The number of aromatic nitrogens is 5. The third-order valence-corrected chi connectivity index (χ3v) is 4.33. The summed E-state index contributed by atoms with van der Waals surface area (Å²) in [6, 6.07) is 15.5. The van der Waals surface area contributed by atoms with Crippen LogP contribution in [0.15, 0.2) is 59.5 Å². The minimum Gasteiger partial charge on any atom is -0.298 e. The lowest BCUT2D eigenvalue weighted by Crippen LogP contribution is -2.22. The van der Waals surface area contributed by atoms with Crippen LogP contribution in [-0.2, 0) is 6.54 Å². The molecule has 0 radical (unpaired) electrons. The van der Waals surface area contributed by atoms with Crippen molar-refractivity contribution in [3.05, 3.63) is 81.2 Å². The Balaban J connectivity index is 1.88. The first-order chi connectivity index (χ1) is 12.1. The summed E-state index contributed by atoms with van der Waals surface area (Å²) in [5.41, 5.74) is 3.39. The summed E-state index contributed by atoms with van der Waals surface area (Å²) in [7, 11) is 0.